The smallest absolute Gasteiger partial charge is 0.322 e. The zero-order chi connectivity index (χ0) is 14.6. The number of carbonyl (C=O) groups is 2. The molecule has 3 amide bonds. The highest BCUT2D eigenvalue weighted by Crippen LogP contribution is 2.27. The minimum atomic E-state index is -0.921. The molecule has 1 aromatic carbocycles. The summed E-state index contributed by atoms with van der Waals surface area (Å²) in [5.74, 6) is -0.217. The van der Waals surface area contributed by atoms with Crippen LogP contribution in [-0.2, 0) is 11.3 Å². The van der Waals surface area contributed by atoms with E-state index in [2.05, 4.69) is 18.5 Å². The minimum Gasteiger partial charge on any atom is -0.322 e. The Morgan fingerprint density at radius 2 is 1.70 bits per heavy atom. The molecule has 4 heteroatoms. The van der Waals surface area contributed by atoms with Crippen molar-refractivity contribution in [2.45, 2.75) is 24.9 Å². The largest absolute Gasteiger partial charge is 0.325 e. The van der Waals surface area contributed by atoms with Gasteiger partial charge in [-0.25, -0.2) is 4.79 Å². The normalized spacial score (nSPS) is 16.9. The van der Waals surface area contributed by atoms with Gasteiger partial charge in [0.1, 0.15) is 5.54 Å². The van der Waals surface area contributed by atoms with Crippen LogP contribution >= 0.6 is 0 Å². The van der Waals surface area contributed by atoms with Gasteiger partial charge in [0, 0.05) is 0 Å². The summed E-state index contributed by atoms with van der Waals surface area (Å²) < 4.78 is 0. The second-order valence-electron chi connectivity index (χ2n) is 4.87. The van der Waals surface area contributed by atoms with Gasteiger partial charge in [-0.2, -0.15) is 0 Å². The third-order valence-corrected chi connectivity index (χ3v) is 3.42. The number of nitrogens with zero attached hydrogens (tertiary/aromatic N) is 1. The molecular formula is C16H18N2O2. The molecule has 4 nitrogen and oxygen atoms in total. The van der Waals surface area contributed by atoms with Crippen molar-refractivity contribution in [2.75, 3.05) is 0 Å². The fourth-order valence-corrected chi connectivity index (χ4v) is 2.44. The summed E-state index contributed by atoms with van der Waals surface area (Å²) in [6.45, 7) is 7.61. The highest BCUT2D eigenvalue weighted by molar-refractivity contribution is 6.07. The zero-order valence-corrected chi connectivity index (χ0v) is 11.3. The van der Waals surface area contributed by atoms with Crippen molar-refractivity contribution in [1.82, 2.24) is 10.2 Å². The van der Waals surface area contributed by atoms with E-state index < -0.39 is 5.54 Å². The Morgan fingerprint density at radius 1 is 1.10 bits per heavy atom. The molecule has 0 aromatic heterocycles. The molecule has 0 aliphatic carbocycles. The lowest BCUT2D eigenvalue weighted by Crippen LogP contribution is -2.46. The van der Waals surface area contributed by atoms with Crippen molar-refractivity contribution in [2.24, 2.45) is 0 Å². The predicted octanol–water partition coefficient (Wildman–Crippen LogP) is 2.63. The summed E-state index contributed by atoms with van der Waals surface area (Å²) in [5, 5.41) is 2.78. The fraction of sp³-hybridized carbons (Fsp3) is 0.250. The molecule has 1 aliphatic rings. The SMILES string of the molecule is C=CCC1(CC=C)NC(=O)N(Cc2ccccc2)C1=O. The van der Waals surface area contributed by atoms with Crippen LogP contribution in [0.25, 0.3) is 0 Å². The highest BCUT2D eigenvalue weighted by Gasteiger charge is 2.49. The number of carbonyl (C=O) groups excluding carboxylic acids is 2. The molecule has 1 fully saturated rings. The van der Waals surface area contributed by atoms with Crippen molar-refractivity contribution in [3.05, 3.63) is 61.2 Å². The third-order valence-electron chi connectivity index (χ3n) is 3.42. The van der Waals surface area contributed by atoms with Crippen LogP contribution in [0.3, 0.4) is 0 Å². The van der Waals surface area contributed by atoms with Crippen molar-refractivity contribution in [3.63, 3.8) is 0 Å². The number of hydrogen-bond donors (Lipinski definition) is 1. The Hall–Kier alpha value is -2.36. The number of rotatable bonds is 6. The molecule has 20 heavy (non-hydrogen) atoms. The van der Waals surface area contributed by atoms with Crippen molar-refractivity contribution in [3.8, 4) is 0 Å². The van der Waals surface area contributed by atoms with Crippen LogP contribution in [-0.4, -0.2) is 22.4 Å². The lowest BCUT2D eigenvalue weighted by Gasteiger charge is -2.23. The lowest BCUT2D eigenvalue weighted by atomic mass is 9.91. The molecule has 0 unspecified atom stereocenters. The summed E-state index contributed by atoms with van der Waals surface area (Å²) in [6.07, 6.45) is 4.09. The van der Waals surface area contributed by atoms with E-state index in [9.17, 15) is 9.59 Å². The molecule has 0 spiro atoms. The average Bonchev–Trinajstić information content (AvgIpc) is 2.66. The Bertz CT molecular complexity index is 527. The minimum absolute atomic E-state index is 0.217. The van der Waals surface area contributed by atoms with Gasteiger partial charge in [0.2, 0.25) is 0 Å². The Labute approximate surface area is 118 Å². The van der Waals surface area contributed by atoms with Crippen LogP contribution in [0, 0.1) is 0 Å². The molecule has 1 N–H and O–H groups in total. The molecule has 1 aromatic rings. The van der Waals surface area contributed by atoms with E-state index in [4.69, 9.17) is 0 Å². The Balaban J connectivity index is 2.23. The summed E-state index contributed by atoms with van der Waals surface area (Å²) in [5.41, 5.74) is -0.000890. The van der Waals surface area contributed by atoms with Crippen LogP contribution in [0.4, 0.5) is 4.79 Å². The topological polar surface area (TPSA) is 49.4 Å². The van der Waals surface area contributed by atoms with E-state index in [1.165, 1.54) is 4.90 Å². The summed E-state index contributed by atoms with van der Waals surface area (Å²) in [4.78, 5) is 25.9. The second kappa shape index (κ2) is 5.74. The fourth-order valence-electron chi connectivity index (χ4n) is 2.44. The zero-order valence-electron chi connectivity index (χ0n) is 11.3. The van der Waals surface area contributed by atoms with Crippen LogP contribution in [0.15, 0.2) is 55.6 Å². The molecule has 104 valence electrons. The maximum absolute atomic E-state index is 12.6. The summed E-state index contributed by atoms with van der Waals surface area (Å²) >= 11 is 0. The number of urea groups is 1. The van der Waals surface area contributed by atoms with Crippen molar-refractivity contribution < 1.29 is 9.59 Å². The van der Waals surface area contributed by atoms with Gasteiger partial charge in [-0.05, 0) is 18.4 Å². The quantitative estimate of drug-likeness (QED) is 0.638. The number of nitrogens with one attached hydrogen (secondary N) is 1. The molecule has 0 bridgehead atoms. The molecule has 1 heterocycles. The van der Waals surface area contributed by atoms with Gasteiger partial charge in [0.05, 0.1) is 6.54 Å². The molecular weight excluding hydrogens is 252 g/mol. The first-order chi connectivity index (χ1) is 9.63. The highest BCUT2D eigenvalue weighted by atomic mass is 16.2. The predicted molar refractivity (Wildman–Crippen MR) is 77.9 cm³/mol. The van der Waals surface area contributed by atoms with E-state index >= 15 is 0 Å². The van der Waals surface area contributed by atoms with Crippen molar-refractivity contribution >= 4 is 11.9 Å². The maximum Gasteiger partial charge on any atom is 0.325 e. The summed E-state index contributed by atoms with van der Waals surface area (Å²) in [7, 11) is 0. The number of amides is 3. The molecule has 2 rings (SSSR count). The van der Waals surface area contributed by atoms with Gasteiger partial charge < -0.3 is 5.32 Å². The Kier molecular flexibility index (Phi) is 4.03. The van der Waals surface area contributed by atoms with Crippen LogP contribution in [0.2, 0.25) is 0 Å². The standard InChI is InChI=1S/C16H18N2O2/c1-3-10-16(11-4-2)14(19)18(15(20)17-16)12-13-8-6-5-7-9-13/h3-9H,1-2,10-12H2,(H,17,20). The second-order valence-corrected chi connectivity index (χ2v) is 4.87. The maximum atomic E-state index is 12.6. The number of hydrogen-bond acceptors (Lipinski definition) is 2. The van der Waals surface area contributed by atoms with E-state index in [1.54, 1.807) is 12.2 Å². The van der Waals surface area contributed by atoms with Crippen molar-refractivity contribution in [1.29, 1.82) is 0 Å². The first-order valence-electron chi connectivity index (χ1n) is 6.53. The van der Waals surface area contributed by atoms with Crippen LogP contribution in [0.5, 0.6) is 0 Å². The lowest BCUT2D eigenvalue weighted by molar-refractivity contribution is -0.131. The Morgan fingerprint density at radius 3 is 2.25 bits per heavy atom. The van der Waals surface area contributed by atoms with Gasteiger partial charge in [-0.1, -0.05) is 42.5 Å². The van der Waals surface area contributed by atoms with E-state index in [1.807, 2.05) is 30.3 Å². The average molecular weight is 270 g/mol. The number of benzene rings is 1. The first kappa shape index (κ1) is 14.1. The van der Waals surface area contributed by atoms with Gasteiger partial charge in [-0.15, -0.1) is 13.2 Å². The first-order valence-corrected chi connectivity index (χ1v) is 6.53. The molecule has 0 saturated carbocycles. The van der Waals surface area contributed by atoms with Gasteiger partial charge in [0.15, 0.2) is 0 Å². The summed E-state index contributed by atoms with van der Waals surface area (Å²) in [6, 6.07) is 9.09. The van der Waals surface area contributed by atoms with Crippen LogP contribution < -0.4 is 5.32 Å². The van der Waals surface area contributed by atoms with E-state index in [0.29, 0.717) is 12.8 Å². The molecule has 0 radical (unpaired) electrons. The van der Waals surface area contributed by atoms with E-state index in [-0.39, 0.29) is 18.5 Å². The van der Waals surface area contributed by atoms with E-state index in [0.717, 1.165) is 5.56 Å². The molecule has 1 saturated heterocycles. The van der Waals surface area contributed by atoms with Gasteiger partial charge in [-0.3, -0.25) is 9.69 Å². The number of imide groups is 1. The van der Waals surface area contributed by atoms with Gasteiger partial charge in [0.25, 0.3) is 5.91 Å². The monoisotopic (exact) mass is 270 g/mol. The third kappa shape index (κ3) is 2.50. The molecule has 0 atom stereocenters. The van der Waals surface area contributed by atoms with Crippen LogP contribution in [0.1, 0.15) is 18.4 Å². The molecule has 1 aliphatic heterocycles. The van der Waals surface area contributed by atoms with Gasteiger partial charge >= 0.3 is 6.03 Å².